The molecule has 4 heterocycles. The minimum Gasteiger partial charge on any atom is -0.486 e. The van der Waals surface area contributed by atoms with E-state index in [1.165, 1.54) is 11.3 Å². The lowest BCUT2D eigenvalue weighted by Crippen LogP contribution is -2.45. The molecular formula is C32H31Cl2N3O6S. The van der Waals surface area contributed by atoms with Gasteiger partial charge in [0.05, 0.1) is 45.7 Å². The highest BCUT2D eigenvalue weighted by Crippen LogP contribution is 2.49. The monoisotopic (exact) mass is 655 g/mol. The second-order valence-corrected chi connectivity index (χ2v) is 14.1. The molecule has 2 aliphatic carbocycles. The van der Waals surface area contributed by atoms with E-state index in [0.717, 1.165) is 72.6 Å². The molecule has 0 spiro atoms. The number of nitrogens with zero attached hydrogens (tertiary/aromatic N) is 3. The second kappa shape index (κ2) is 11.2. The van der Waals surface area contributed by atoms with Crippen LogP contribution >= 0.6 is 34.5 Å². The van der Waals surface area contributed by atoms with Crippen molar-refractivity contribution in [1.82, 2.24) is 10.1 Å². The fraction of sp³-hybridized carbons (Fsp3) is 0.469. The molecule has 8 rings (SSSR count). The zero-order valence-electron chi connectivity index (χ0n) is 23.9. The smallest absolute Gasteiger partial charge is 0.335 e. The Bertz CT molecular complexity index is 1730. The van der Waals surface area contributed by atoms with Gasteiger partial charge in [0.1, 0.15) is 28.8 Å². The highest BCUT2D eigenvalue weighted by atomic mass is 35.5. The number of carbonyl (C=O) groups is 1. The van der Waals surface area contributed by atoms with Crippen LogP contribution in [0.25, 0.3) is 21.5 Å². The van der Waals surface area contributed by atoms with Crippen molar-refractivity contribution in [1.29, 1.82) is 0 Å². The van der Waals surface area contributed by atoms with E-state index in [4.69, 9.17) is 46.9 Å². The third-order valence-electron chi connectivity index (χ3n) is 9.40. The molecule has 4 aliphatic rings. The number of aromatic nitrogens is 2. The van der Waals surface area contributed by atoms with Crippen LogP contribution in [0.1, 0.15) is 72.5 Å². The Morgan fingerprint density at radius 2 is 2.00 bits per heavy atom. The van der Waals surface area contributed by atoms with Crippen LogP contribution in [-0.2, 0) is 16.1 Å². The molecule has 2 aromatic heterocycles. The van der Waals surface area contributed by atoms with Gasteiger partial charge in [0.2, 0.25) is 0 Å². The number of hydrogen-bond acceptors (Lipinski definition) is 9. The molecule has 1 N–H and O–H groups in total. The van der Waals surface area contributed by atoms with Gasteiger partial charge in [0.25, 0.3) is 0 Å². The quantitative estimate of drug-likeness (QED) is 0.194. The SMILES string of the molecule is O=C(O)c1cc(O[C@H]2CCOC2)c2nc(N3CCC4(OCc5c(-c6c(Cl)cccc6Cl)noc5C5CC5)CC[C@H]3C4)sc2c1. The number of anilines is 1. The largest absolute Gasteiger partial charge is 0.486 e. The molecule has 4 aromatic rings. The number of ether oxygens (including phenoxy) is 3. The van der Waals surface area contributed by atoms with Gasteiger partial charge < -0.3 is 28.7 Å². The summed E-state index contributed by atoms with van der Waals surface area (Å²) >= 11 is 14.7. The van der Waals surface area contributed by atoms with Gasteiger partial charge in [-0.05, 0) is 62.8 Å². The standard InChI is InChI=1S/C32H31Cl2N3O6S/c33-22-2-1-3-23(34)26(22)27-21(29(43-36-27)17-4-5-17)16-41-32-8-6-19(14-32)37(10-9-32)31-35-28-24(42-20-7-11-40-15-20)12-18(30(38)39)13-25(28)44-31/h1-3,12-13,17,19-20H,4-11,14-16H2,(H,38,39)/t19-,20-,32?/m0/s1. The molecule has 2 saturated carbocycles. The van der Waals surface area contributed by atoms with E-state index < -0.39 is 5.97 Å². The van der Waals surface area contributed by atoms with Crippen molar-refractivity contribution in [2.45, 2.75) is 75.2 Å². The number of halogens is 2. The van der Waals surface area contributed by atoms with Gasteiger partial charge in [-0.2, -0.15) is 0 Å². The van der Waals surface area contributed by atoms with Crippen molar-refractivity contribution in [3.05, 3.63) is 57.3 Å². The number of carboxylic acids is 1. The first-order valence-electron chi connectivity index (χ1n) is 15.1. The van der Waals surface area contributed by atoms with E-state index in [1.54, 1.807) is 12.1 Å². The Morgan fingerprint density at radius 1 is 1.16 bits per heavy atom. The summed E-state index contributed by atoms with van der Waals surface area (Å²) in [6, 6.07) is 9.02. The third-order valence-corrected chi connectivity index (χ3v) is 11.1. The Labute approximate surface area is 268 Å². The fourth-order valence-corrected chi connectivity index (χ4v) is 8.60. The lowest BCUT2D eigenvalue weighted by Gasteiger charge is -2.39. The predicted molar refractivity (Wildman–Crippen MR) is 167 cm³/mol. The minimum absolute atomic E-state index is 0.102. The number of hydrogen-bond donors (Lipinski definition) is 1. The van der Waals surface area contributed by atoms with Gasteiger partial charge in [0.15, 0.2) is 5.13 Å². The summed E-state index contributed by atoms with van der Waals surface area (Å²) in [5, 5.41) is 16.1. The summed E-state index contributed by atoms with van der Waals surface area (Å²) in [4.78, 5) is 19.3. The van der Waals surface area contributed by atoms with Crippen LogP contribution in [0.4, 0.5) is 5.13 Å². The first kappa shape index (κ1) is 28.6. The van der Waals surface area contributed by atoms with Gasteiger partial charge in [-0.25, -0.2) is 9.78 Å². The first-order chi connectivity index (χ1) is 21.4. The van der Waals surface area contributed by atoms with Gasteiger partial charge in [-0.15, -0.1) is 0 Å². The van der Waals surface area contributed by atoms with Gasteiger partial charge in [-0.3, -0.25) is 0 Å². The minimum atomic E-state index is -0.984. The van der Waals surface area contributed by atoms with Crippen LogP contribution in [0, 0.1) is 0 Å². The Balaban J connectivity index is 1.03. The van der Waals surface area contributed by atoms with Crippen molar-refractivity contribution in [2.75, 3.05) is 24.7 Å². The fourth-order valence-electron chi connectivity index (χ4n) is 6.90. The number of carboxylic acid groups (broad SMARTS) is 1. The van der Waals surface area contributed by atoms with E-state index in [2.05, 4.69) is 10.1 Å². The molecule has 4 fully saturated rings. The number of rotatable bonds is 9. The average molecular weight is 657 g/mol. The van der Waals surface area contributed by atoms with Crippen LogP contribution in [0.5, 0.6) is 5.75 Å². The molecule has 0 radical (unpaired) electrons. The maximum Gasteiger partial charge on any atom is 0.335 e. The molecule has 2 aromatic carbocycles. The number of piperidine rings is 1. The molecular weight excluding hydrogens is 625 g/mol. The zero-order valence-corrected chi connectivity index (χ0v) is 26.2. The summed E-state index contributed by atoms with van der Waals surface area (Å²) in [5.74, 6) is 0.774. The maximum absolute atomic E-state index is 11.9. The summed E-state index contributed by atoms with van der Waals surface area (Å²) in [7, 11) is 0. The summed E-state index contributed by atoms with van der Waals surface area (Å²) in [6.07, 6.45) is 6.51. The molecule has 1 unspecified atom stereocenters. The lowest BCUT2D eigenvalue weighted by atomic mass is 9.93. The van der Waals surface area contributed by atoms with E-state index in [-0.39, 0.29) is 23.3 Å². The van der Waals surface area contributed by atoms with Gasteiger partial charge >= 0.3 is 5.97 Å². The Morgan fingerprint density at radius 3 is 2.75 bits per heavy atom. The number of aromatic carboxylic acids is 1. The van der Waals surface area contributed by atoms with Crippen LogP contribution in [0.15, 0.2) is 34.9 Å². The third kappa shape index (κ3) is 5.14. The number of thiazole rings is 1. The van der Waals surface area contributed by atoms with E-state index in [9.17, 15) is 9.90 Å². The predicted octanol–water partition coefficient (Wildman–Crippen LogP) is 7.72. The van der Waals surface area contributed by atoms with Crippen LogP contribution in [0.2, 0.25) is 10.0 Å². The van der Waals surface area contributed by atoms with Gasteiger partial charge in [0, 0.05) is 36.1 Å². The highest BCUT2D eigenvalue weighted by molar-refractivity contribution is 7.22. The summed E-state index contributed by atoms with van der Waals surface area (Å²) in [6.45, 7) is 2.33. The maximum atomic E-state index is 11.9. The topological polar surface area (TPSA) is 107 Å². The normalized spacial score (nSPS) is 24.8. The molecule has 2 aliphatic heterocycles. The lowest BCUT2D eigenvalue weighted by molar-refractivity contribution is -0.0624. The van der Waals surface area contributed by atoms with Gasteiger partial charge in [-0.1, -0.05) is 45.8 Å². The van der Waals surface area contributed by atoms with Crippen molar-refractivity contribution in [3.8, 4) is 17.0 Å². The van der Waals surface area contributed by atoms with E-state index in [0.29, 0.717) is 58.3 Å². The highest BCUT2D eigenvalue weighted by Gasteiger charge is 2.48. The molecule has 2 bridgehead atoms. The average Bonchev–Trinajstić information content (AvgIpc) is 3.33. The zero-order chi connectivity index (χ0) is 30.0. The van der Waals surface area contributed by atoms with Crippen molar-refractivity contribution >= 4 is 55.9 Å². The molecule has 12 heteroatoms. The number of benzene rings is 2. The summed E-state index contributed by atoms with van der Waals surface area (Å²) < 4.78 is 25.2. The summed E-state index contributed by atoms with van der Waals surface area (Å²) in [5.41, 5.74) is 2.97. The van der Waals surface area contributed by atoms with E-state index >= 15 is 0 Å². The molecule has 3 atom stereocenters. The van der Waals surface area contributed by atoms with Crippen LogP contribution < -0.4 is 9.64 Å². The van der Waals surface area contributed by atoms with Crippen molar-refractivity contribution < 1.29 is 28.6 Å². The molecule has 9 nitrogen and oxygen atoms in total. The second-order valence-electron chi connectivity index (χ2n) is 12.3. The Hall–Kier alpha value is -2.89. The Kier molecular flexibility index (Phi) is 7.25. The van der Waals surface area contributed by atoms with Crippen LogP contribution in [0.3, 0.4) is 0 Å². The van der Waals surface area contributed by atoms with E-state index in [1.807, 2.05) is 18.2 Å². The molecule has 230 valence electrons. The van der Waals surface area contributed by atoms with Crippen LogP contribution in [-0.4, -0.2) is 58.7 Å². The molecule has 44 heavy (non-hydrogen) atoms. The number of fused-ring (bicyclic) bond motifs is 3. The van der Waals surface area contributed by atoms with Crippen molar-refractivity contribution in [3.63, 3.8) is 0 Å². The van der Waals surface area contributed by atoms with Crippen molar-refractivity contribution in [2.24, 2.45) is 0 Å². The molecule has 2 saturated heterocycles. The molecule has 0 amide bonds. The first-order valence-corrected chi connectivity index (χ1v) is 16.7.